The summed E-state index contributed by atoms with van der Waals surface area (Å²) in [6.45, 7) is 0. The first-order valence-electron chi connectivity index (χ1n) is 2.87. The fourth-order valence-corrected chi connectivity index (χ4v) is 0. The van der Waals surface area contributed by atoms with Crippen LogP contribution in [0.25, 0.3) is 0 Å². The van der Waals surface area contributed by atoms with E-state index in [-0.39, 0.29) is 65.2 Å². The molecule has 0 aliphatic heterocycles. The van der Waals surface area contributed by atoms with Crippen molar-refractivity contribution in [3.8, 4) is 0 Å². The largest absolute Gasteiger partial charge is 5.00 e. The smallest absolute Gasteiger partial charge is 0.786 e. The number of rotatable bonds is 0. The van der Waals surface area contributed by atoms with E-state index in [0.717, 1.165) is 0 Å². The van der Waals surface area contributed by atoms with Crippen LogP contribution in [0.5, 0.6) is 0 Å². The summed E-state index contributed by atoms with van der Waals surface area (Å²) in [4.78, 5) is 67.5. The van der Waals surface area contributed by atoms with E-state index in [1.54, 1.807) is 0 Å². The maximum absolute atomic E-state index is 10.1. The van der Waals surface area contributed by atoms with Crippen LogP contribution in [0, 0.1) is 0 Å². The third-order valence-corrected chi connectivity index (χ3v) is 0. The molecule has 0 unspecified atom stereocenters. The van der Waals surface area contributed by atoms with Gasteiger partial charge in [0.15, 0.2) is 0 Å². The first-order valence-corrected chi connectivity index (χ1v) is 8.60. The van der Waals surface area contributed by atoms with Gasteiger partial charge in [-0.3, -0.25) is 0 Å². The van der Waals surface area contributed by atoms with E-state index in [9.17, 15) is 16.8 Å². The van der Waals surface area contributed by atoms with Crippen molar-refractivity contribution >= 4 is 31.6 Å². The Morgan fingerprint density at radius 2 is 0.478 bits per heavy atom. The third-order valence-electron chi connectivity index (χ3n) is 0. The van der Waals surface area contributed by atoms with Gasteiger partial charge in [-0.25, -0.2) is 16.8 Å². The summed E-state index contributed by atoms with van der Waals surface area (Å²) in [6.07, 6.45) is 0. The first kappa shape index (κ1) is 44.7. The molecule has 0 aliphatic carbocycles. The second-order valence-electron chi connectivity index (χ2n) is 1.72. The molecule has 0 aromatic heterocycles. The van der Waals surface area contributed by atoms with Crippen molar-refractivity contribution in [2.24, 2.45) is 0 Å². The van der Waals surface area contributed by atoms with E-state index in [4.69, 9.17) is 57.4 Å². The van der Waals surface area contributed by atoms with Crippen molar-refractivity contribution < 1.29 is 139 Å². The Kier molecular flexibility index (Phi) is 37.3. The molecule has 0 saturated carbocycles. The minimum atomic E-state index is -5.64. The van der Waals surface area contributed by atoms with Gasteiger partial charge in [-0.2, -0.15) is 0 Å². The first-order chi connectivity index (χ1) is 8.00. The normalized spacial score (nSPS) is 10.3. The van der Waals surface area contributed by atoms with Crippen LogP contribution in [-0.2, 0) is 53.9 Å². The second kappa shape index (κ2) is 19.2. The van der Waals surface area contributed by atoms with Crippen molar-refractivity contribution in [2.45, 2.75) is 0 Å². The van der Waals surface area contributed by atoms with Crippen LogP contribution in [0.1, 0.15) is 0 Å². The number of halogens is 4. The SMILES string of the molecule is O=P([O-])([O-])F.O=P([O-])([O-])F.O=P([O-])([O-])F.O=P([O-])([O-])F.[Fe+2].[Na+].[V+5]. The maximum atomic E-state index is 10.1. The van der Waals surface area contributed by atoms with E-state index in [1.165, 1.54) is 0 Å². The average molecular weight is 522 g/mol. The summed E-state index contributed by atoms with van der Waals surface area (Å²) in [5.74, 6) is 0. The van der Waals surface area contributed by atoms with Crippen LogP contribution in [0.3, 0.4) is 0 Å². The molecule has 0 radical (unpaired) electrons. The number of hydrogen-bond donors (Lipinski definition) is 0. The molecule has 0 amide bonds. The molecule has 0 aromatic carbocycles. The van der Waals surface area contributed by atoms with Crippen molar-refractivity contribution in [3.05, 3.63) is 0 Å². The van der Waals surface area contributed by atoms with Crippen molar-refractivity contribution in [1.82, 2.24) is 0 Å². The van der Waals surface area contributed by atoms with Gasteiger partial charge in [0.25, 0.3) is 0 Å². The van der Waals surface area contributed by atoms with E-state index in [2.05, 4.69) is 0 Å². The van der Waals surface area contributed by atoms with Crippen molar-refractivity contribution in [3.63, 3.8) is 0 Å². The van der Waals surface area contributed by atoms with E-state index >= 15 is 0 Å². The Hall–Kier alpha value is 2.42. The third kappa shape index (κ3) is 2090. The van der Waals surface area contributed by atoms with Gasteiger partial charge in [0.05, 0.1) is 0 Å². The van der Waals surface area contributed by atoms with E-state index in [0.29, 0.717) is 0 Å². The van der Waals surface area contributed by atoms with Crippen molar-refractivity contribution in [2.75, 3.05) is 0 Å². The molecule has 0 atom stereocenters. The van der Waals surface area contributed by atoms with Gasteiger partial charge in [0.2, 0.25) is 0 Å². The molecule has 0 rings (SSSR count). The predicted octanol–water partition coefficient (Wildman–Crippen LogP) is -7.86. The molecule has 0 spiro atoms. The predicted molar refractivity (Wildman–Crippen MR) is 34.9 cm³/mol. The molecular weight excluding hydrogens is 522 g/mol. The van der Waals surface area contributed by atoms with Gasteiger partial charge in [0, 0.05) is 0 Å². The van der Waals surface area contributed by atoms with Gasteiger partial charge in [-0.15, -0.1) is 0 Å². The van der Waals surface area contributed by atoms with Gasteiger partial charge in [0.1, 0.15) is 31.6 Å². The van der Waals surface area contributed by atoms with Crippen molar-refractivity contribution in [1.29, 1.82) is 0 Å². The summed E-state index contributed by atoms with van der Waals surface area (Å²) in [7, 11) is -22.6. The summed E-state index contributed by atoms with van der Waals surface area (Å²) in [5, 5.41) is 0. The molecule has 0 saturated heterocycles. The molecule has 12 nitrogen and oxygen atoms in total. The van der Waals surface area contributed by atoms with Crippen LogP contribution in [-0.4, -0.2) is 0 Å². The molecule has 0 aliphatic rings. The maximum Gasteiger partial charge on any atom is 5.00 e. The van der Waals surface area contributed by atoms with Crippen LogP contribution in [0.15, 0.2) is 0 Å². The fraction of sp³-hybridized carbons (Fsp3) is 0. The molecule has 0 aromatic rings. The van der Waals surface area contributed by atoms with Gasteiger partial charge in [-0.05, 0) is 0 Å². The average Bonchev–Trinajstić information content (AvgIpc) is 1.62. The minimum absolute atomic E-state index is 0. The van der Waals surface area contributed by atoms with Gasteiger partial charge < -0.3 is 57.4 Å². The Bertz CT molecular complexity index is 310. The molecule has 0 N–H and O–H groups in total. The zero-order chi connectivity index (χ0) is 18.0. The molecule has 0 heterocycles. The van der Waals surface area contributed by atoms with Crippen LogP contribution in [0.4, 0.5) is 16.8 Å². The second-order valence-corrected chi connectivity index (χ2v) is 5.17. The summed E-state index contributed by atoms with van der Waals surface area (Å²) < 4.78 is 74.3. The quantitative estimate of drug-likeness (QED) is 0.163. The van der Waals surface area contributed by atoms with Gasteiger partial charge >= 0.3 is 65.2 Å². The Morgan fingerprint density at radius 1 is 0.478 bits per heavy atom. The summed E-state index contributed by atoms with van der Waals surface area (Å²) in [6, 6.07) is 0. The van der Waals surface area contributed by atoms with Crippen LogP contribution < -0.4 is 68.7 Å². The minimum Gasteiger partial charge on any atom is -0.786 e. The molecule has 0 fully saturated rings. The zero-order valence-corrected chi connectivity index (χ0v) is 18.1. The zero-order valence-electron chi connectivity index (χ0n) is 10.0. The Labute approximate surface area is 170 Å². The fourth-order valence-electron chi connectivity index (χ4n) is 0. The van der Waals surface area contributed by atoms with Gasteiger partial charge in [-0.1, -0.05) is 0 Å². The molecule has 23 heteroatoms. The molecular formula is F4FeNaO12P4V. The standard InChI is InChI=1S/4FH2O3P.Fe.Na.V/c4*1-5(2,3)4;;;/h4*(H2,2,3,4);;;/q;;;;+2;+1;+5/p-8. The topological polar surface area (TPSA) is 253 Å². The molecule has 0 bridgehead atoms. The Balaban J connectivity index is -0.0000000284. The monoisotopic (exact) mass is 522 g/mol. The van der Waals surface area contributed by atoms with E-state index < -0.39 is 31.6 Å². The van der Waals surface area contributed by atoms with Crippen LogP contribution in [0.2, 0.25) is 0 Å². The molecule has 23 heavy (non-hydrogen) atoms. The number of hydrogen-bond acceptors (Lipinski definition) is 12. The molecule has 134 valence electrons. The van der Waals surface area contributed by atoms with Crippen LogP contribution >= 0.6 is 31.6 Å². The summed E-state index contributed by atoms with van der Waals surface area (Å²) in [5.41, 5.74) is 0. The summed E-state index contributed by atoms with van der Waals surface area (Å²) >= 11 is 0. The van der Waals surface area contributed by atoms with E-state index in [1.807, 2.05) is 0 Å². The Morgan fingerprint density at radius 3 is 0.478 bits per heavy atom.